The van der Waals surface area contributed by atoms with Crippen LogP contribution in [0, 0.1) is 0 Å². The molecule has 1 heterocycles. The minimum absolute atomic E-state index is 0.0923. The lowest BCUT2D eigenvalue weighted by Crippen LogP contribution is -2.15. The number of fused-ring (bicyclic) bond motifs is 3. The summed E-state index contributed by atoms with van der Waals surface area (Å²) in [4.78, 5) is 23.7. The Morgan fingerprint density at radius 1 is 1.11 bits per heavy atom. The first-order valence-electron chi connectivity index (χ1n) is 5.74. The van der Waals surface area contributed by atoms with Gasteiger partial charge in [-0.2, -0.15) is 0 Å². The average Bonchev–Trinajstić information content (AvgIpc) is 2.46. The SMILES string of the molecule is COC(=O)c1coc2c(ccc3ccccc32)c1=O. The topological polar surface area (TPSA) is 56.5 Å². The molecule has 0 aliphatic carbocycles. The predicted molar refractivity (Wildman–Crippen MR) is 71.3 cm³/mol. The van der Waals surface area contributed by atoms with Crippen molar-refractivity contribution >= 4 is 27.7 Å². The molecule has 1 aromatic heterocycles. The van der Waals surface area contributed by atoms with Crippen molar-refractivity contribution in [3.8, 4) is 0 Å². The Bertz CT molecular complexity index is 846. The van der Waals surface area contributed by atoms with E-state index >= 15 is 0 Å². The molecule has 0 amide bonds. The van der Waals surface area contributed by atoms with Crippen LogP contribution in [0.2, 0.25) is 0 Å². The Balaban J connectivity index is 2.43. The Labute approximate surface area is 108 Å². The minimum atomic E-state index is -0.691. The highest BCUT2D eigenvalue weighted by Gasteiger charge is 2.15. The van der Waals surface area contributed by atoms with E-state index in [1.54, 1.807) is 6.07 Å². The van der Waals surface area contributed by atoms with Gasteiger partial charge in [0.15, 0.2) is 0 Å². The van der Waals surface area contributed by atoms with Crippen LogP contribution in [0.15, 0.2) is 51.9 Å². The van der Waals surface area contributed by atoms with Crippen molar-refractivity contribution in [1.29, 1.82) is 0 Å². The van der Waals surface area contributed by atoms with Crippen LogP contribution in [-0.2, 0) is 4.74 Å². The van der Waals surface area contributed by atoms with Gasteiger partial charge in [-0.15, -0.1) is 0 Å². The summed E-state index contributed by atoms with van der Waals surface area (Å²) < 4.78 is 10.0. The molecule has 0 aliphatic rings. The maximum absolute atomic E-state index is 12.2. The fraction of sp³-hybridized carbons (Fsp3) is 0.0667. The summed E-state index contributed by atoms with van der Waals surface area (Å²) in [6.45, 7) is 0. The van der Waals surface area contributed by atoms with Crippen LogP contribution in [-0.4, -0.2) is 13.1 Å². The van der Waals surface area contributed by atoms with Crippen LogP contribution < -0.4 is 5.43 Å². The number of rotatable bonds is 1. The highest BCUT2D eigenvalue weighted by Crippen LogP contribution is 2.23. The van der Waals surface area contributed by atoms with E-state index in [0.717, 1.165) is 17.0 Å². The predicted octanol–water partition coefficient (Wildman–Crippen LogP) is 2.73. The van der Waals surface area contributed by atoms with Crippen LogP contribution >= 0.6 is 0 Å². The average molecular weight is 254 g/mol. The Kier molecular flexibility index (Phi) is 2.56. The molecule has 4 heteroatoms. The summed E-state index contributed by atoms with van der Waals surface area (Å²) in [5.41, 5.74) is 0.0138. The van der Waals surface area contributed by atoms with Gasteiger partial charge in [-0.25, -0.2) is 4.79 Å². The van der Waals surface area contributed by atoms with E-state index in [4.69, 9.17) is 4.42 Å². The van der Waals surface area contributed by atoms with E-state index in [2.05, 4.69) is 4.74 Å². The molecular formula is C15H10O4. The van der Waals surface area contributed by atoms with E-state index in [0.29, 0.717) is 11.0 Å². The van der Waals surface area contributed by atoms with E-state index in [-0.39, 0.29) is 11.0 Å². The van der Waals surface area contributed by atoms with E-state index in [9.17, 15) is 9.59 Å². The third kappa shape index (κ3) is 1.69. The van der Waals surface area contributed by atoms with Gasteiger partial charge in [0.05, 0.1) is 12.5 Å². The smallest absolute Gasteiger partial charge is 0.345 e. The second kappa shape index (κ2) is 4.24. The molecule has 0 radical (unpaired) electrons. The minimum Gasteiger partial charge on any atom is -0.465 e. The molecule has 3 aromatic rings. The zero-order valence-corrected chi connectivity index (χ0v) is 10.2. The van der Waals surface area contributed by atoms with Gasteiger partial charge in [0.2, 0.25) is 5.43 Å². The normalized spacial score (nSPS) is 10.8. The molecule has 3 rings (SSSR count). The number of methoxy groups -OCH3 is 1. The van der Waals surface area contributed by atoms with E-state index < -0.39 is 5.97 Å². The molecule has 0 unspecified atom stereocenters. The number of ether oxygens (including phenoxy) is 1. The van der Waals surface area contributed by atoms with Crippen LogP contribution in [0.25, 0.3) is 21.7 Å². The number of benzene rings is 2. The molecule has 2 aromatic carbocycles. The van der Waals surface area contributed by atoms with Crippen LogP contribution in [0.3, 0.4) is 0 Å². The zero-order chi connectivity index (χ0) is 13.4. The van der Waals surface area contributed by atoms with Crippen LogP contribution in [0.5, 0.6) is 0 Å². The standard InChI is InChI=1S/C15H10O4/c1-18-15(17)12-8-19-14-10-5-3-2-4-9(10)6-7-11(14)13(12)16/h2-8H,1H3. The summed E-state index contributed by atoms with van der Waals surface area (Å²) in [5, 5.41) is 2.19. The molecule has 0 saturated heterocycles. The highest BCUT2D eigenvalue weighted by atomic mass is 16.5. The maximum atomic E-state index is 12.2. The lowest BCUT2D eigenvalue weighted by molar-refractivity contribution is 0.0597. The molecule has 0 atom stereocenters. The Hall–Kier alpha value is -2.62. The third-order valence-electron chi connectivity index (χ3n) is 3.07. The lowest BCUT2D eigenvalue weighted by atomic mass is 10.1. The fourth-order valence-corrected chi connectivity index (χ4v) is 2.12. The second-order valence-electron chi connectivity index (χ2n) is 4.13. The summed E-state index contributed by atoms with van der Waals surface area (Å²) >= 11 is 0. The summed E-state index contributed by atoms with van der Waals surface area (Å²) in [6, 6.07) is 11.1. The molecule has 0 N–H and O–H groups in total. The number of hydrogen-bond acceptors (Lipinski definition) is 4. The third-order valence-corrected chi connectivity index (χ3v) is 3.07. The van der Waals surface area contributed by atoms with Gasteiger partial charge >= 0.3 is 5.97 Å². The zero-order valence-electron chi connectivity index (χ0n) is 10.2. The van der Waals surface area contributed by atoms with Crippen LogP contribution in [0.4, 0.5) is 0 Å². The van der Waals surface area contributed by atoms with Gasteiger partial charge < -0.3 is 9.15 Å². The molecule has 0 aliphatic heterocycles. The van der Waals surface area contributed by atoms with Crippen molar-refractivity contribution < 1.29 is 13.9 Å². The summed E-state index contributed by atoms with van der Waals surface area (Å²) in [7, 11) is 1.23. The fourth-order valence-electron chi connectivity index (χ4n) is 2.12. The van der Waals surface area contributed by atoms with E-state index in [1.807, 2.05) is 30.3 Å². The first-order chi connectivity index (χ1) is 9.22. The number of carbonyl (C=O) groups is 1. The second-order valence-corrected chi connectivity index (χ2v) is 4.13. The van der Waals surface area contributed by atoms with Crippen molar-refractivity contribution in [1.82, 2.24) is 0 Å². The van der Waals surface area contributed by atoms with Gasteiger partial charge in [0.1, 0.15) is 17.4 Å². The lowest BCUT2D eigenvalue weighted by Gasteiger charge is -2.04. The highest BCUT2D eigenvalue weighted by molar-refractivity contribution is 6.05. The number of carbonyl (C=O) groups excluding carboxylic acids is 1. The molecule has 94 valence electrons. The molecule has 0 bridgehead atoms. The maximum Gasteiger partial charge on any atom is 0.345 e. The Morgan fingerprint density at radius 2 is 1.89 bits per heavy atom. The van der Waals surface area contributed by atoms with Crippen molar-refractivity contribution in [3.05, 3.63) is 58.4 Å². The first-order valence-corrected chi connectivity index (χ1v) is 5.74. The molecule has 0 spiro atoms. The monoisotopic (exact) mass is 254 g/mol. The quantitative estimate of drug-likeness (QED) is 0.495. The van der Waals surface area contributed by atoms with Gasteiger partial charge in [-0.05, 0) is 11.5 Å². The molecule has 0 fully saturated rings. The van der Waals surface area contributed by atoms with E-state index in [1.165, 1.54) is 7.11 Å². The Morgan fingerprint density at radius 3 is 2.68 bits per heavy atom. The number of esters is 1. The molecule has 0 saturated carbocycles. The van der Waals surface area contributed by atoms with Gasteiger partial charge in [-0.3, -0.25) is 4.79 Å². The van der Waals surface area contributed by atoms with Crippen LogP contribution in [0.1, 0.15) is 10.4 Å². The first kappa shape index (κ1) is 11.5. The summed E-state index contributed by atoms with van der Waals surface area (Å²) in [5.74, 6) is -0.691. The van der Waals surface area contributed by atoms with Crippen molar-refractivity contribution in [2.24, 2.45) is 0 Å². The van der Waals surface area contributed by atoms with Gasteiger partial charge in [0, 0.05) is 5.39 Å². The number of hydrogen-bond donors (Lipinski definition) is 0. The van der Waals surface area contributed by atoms with Gasteiger partial charge in [-0.1, -0.05) is 30.3 Å². The van der Waals surface area contributed by atoms with Crippen molar-refractivity contribution in [3.63, 3.8) is 0 Å². The summed E-state index contributed by atoms with van der Waals surface area (Å²) in [6.07, 6.45) is 1.16. The van der Waals surface area contributed by atoms with Crippen molar-refractivity contribution in [2.45, 2.75) is 0 Å². The molecular weight excluding hydrogens is 244 g/mol. The van der Waals surface area contributed by atoms with Gasteiger partial charge in [0.25, 0.3) is 0 Å². The molecule has 19 heavy (non-hydrogen) atoms. The van der Waals surface area contributed by atoms with Crippen molar-refractivity contribution in [2.75, 3.05) is 7.11 Å². The molecule has 4 nitrogen and oxygen atoms in total. The largest absolute Gasteiger partial charge is 0.465 e.